The van der Waals surface area contributed by atoms with E-state index in [4.69, 9.17) is 4.74 Å². The molecule has 0 saturated heterocycles. The van der Waals surface area contributed by atoms with Crippen LogP contribution in [0, 0.1) is 12.7 Å². The van der Waals surface area contributed by atoms with Crippen LogP contribution < -0.4 is 19.6 Å². The van der Waals surface area contributed by atoms with Crippen molar-refractivity contribution in [3.05, 3.63) is 151 Å². The Morgan fingerprint density at radius 3 is 1.28 bits per heavy atom. The third-order valence-corrected chi connectivity index (χ3v) is 10.5. The van der Waals surface area contributed by atoms with Crippen LogP contribution in [0.1, 0.15) is 108 Å². The SMILES string of the molecule is CC(C)c1c[c-]c(N2[CH-]N(c3ccc(C(C)C)cc3)c3nccnc32)cc1.CCOC1N(c2ccc(C(C)C)cc2)c2nccnc2N1c1ccc(C(C)C)cc1.[Ir]. The Labute approximate surface area is 358 Å². The van der Waals surface area contributed by atoms with Crippen molar-refractivity contribution in [3.8, 4) is 0 Å². The smallest absolute Gasteiger partial charge is 0.221 e. The van der Waals surface area contributed by atoms with E-state index < -0.39 is 0 Å². The quantitative estimate of drug-likeness (QED) is 0.125. The molecule has 0 bridgehead atoms. The van der Waals surface area contributed by atoms with E-state index in [-0.39, 0.29) is 26.5 Å². The molecule has 2 aromatic heterocycles. The number of benzene rings is 4. The molecule has 8 rings (SSSR count). The standard InChI is InChI=1S/C25H30N4O.C23H24N4.Ir/c1-6-30-25-28(21-11-7-19(8-12-21)17(2)3)23-24(27-16-15-26-23)29(25)22-13-9-20(10-14-22)18(4)5;1-16(2)18-5-9-20(10-6-18)26-15-27(23-22(26)24-13-14-25-23)21-11-7-19(8-12-21)17(3)4;/h7-18,25H,6H2,1-5H3;5-11,13-17H,1-4H3;/q;-2;. The van der Waals surface area contributed by atoms with E-state index in [9.17, 15) is 0 Å². The van der Waals surface area contributed by atoms with Crippen LogP contribution in [-0.4, -0.2) is 32.9 Å². The van der Waals surface area contributed by atoms with Gasteiger partial charge in [-0.05, 0) is 77.8 Å². The third kappa shape index (κ3) is 8.80. The zero-order valence-electron chi connectivity index (χ0n) is 35.0. The first kappa shape index (κ1) is 42.5. The fourth-order valence-corrected chi connectivity index (χ4v) is 7.04. The van der Waals surface area contributed by atoms with Crippen LogP contribution in [0.4, 0.5) is 46.0 Å². The zero-order chi connectivity index (χ0) is 40.2. The minimum Gasteiger partial charge on any atom is -0.477 e. The Balaban J connectivity index is 0.000000193. The van der Waals surface area contributed by atoms with Gasteiger partial charge in [0, 0.05) is 68.6 Å². The number of hydrogen-bond donors (Lipinski definition) is 0. The number of aromatic nitrogens is 4. The maximum absolute atomic E-state index is 6.25. The summed E-state index contributed by atoms with van der Waals surface area (Å²) in [4.78, 5) is 26.9. The Morgan fingerprint density at radius 1 is 0.517 bits per heavy atom. The average molecular weight is 951 g/mol. The van der Waals surface area contributed by atoms with Gasteiger partial charge in [0.2, 0.25) is 6.35 Å². The predicted octanol–water partition coefficient (Wildman–Crippen LogP) is 12.3. The fraction of sp³-hybridized carbons (Fsp3) is 0.312. The van der Waals surface area contributed by atoms with Gasteiger partial charge in [-0.15, -0.1) is 18.4 Å². The summed E-state index contributed by atoms with van der Waals surface area (Å²) in [6, 6.07) is 35.6. The molecule has 0 amide bonds. The van der Waals surface area contributed by atoms with Crippen molar-refractivity contribution in [3.63, 3.8) is 0 Å². The number of hydrogen-bond acceptors (Lipinski definition) is 9. The summed E-state index contributed by atoms with van der Waals surface area (Å²) < 4.78 is 6.25. The Morgan fingerprint density at radius 2 is 0.897 bits per heavy atom. The van der Waals surface area contributed by atoms with Gasteiger partial charge in [-0.1, -0.05) is 97.7 Å². The van der Waals surface area contributed by atoms with Gasteiger partial charge in [-0.2, -0.15) is 23.8 Å². The molecule has 0 saturated carbocycles. The topological polar surface area (TPSA) is 73.8 Å². The summed E-state index contributed by atoms with van der Waals surface area (Å²) in [6.45, 7) is 22.2. The van der Waals surface area contributed by atoms with Crippen LogP contribution in [-0.2, 0) is 24.8 Å². The Bertz CT molecular complexity index is 2070. The van der Waals surface area contributed by atoms with Gasteiger partial charge in [0.05, 0.1) is 0 Å². The summed E-state index contributed by atoms with van der Waals surface area (Å²) in [5.74, 6) is 5.24. The van der Waals surface area contributed by atoms with Gasteiger partial charge >= 0.3 is 0 Å². The first-order chi connectivity index (χ1) is 27.5. The van der Waals surface area contributed by atoms with E-state index in [0.29, 0.717) is 30.3 Å². The average Bonchev–Trinajstić information content (AvgIpc) is 3.77. The fourth-order valence-electron chi connectivity index (χ4n) is 7.04. The molecular weight excluding hydrogens is 897 g/mol. The molecule has 0 unspecified atom stereocenters. The minimum atomic E-state index is -0.345. The summed E-state index contributed by atoms with van der Waals surface area (Å²) >= 11 is 0. The predicted molar refractivity (Wildman–Crippen MR) is 233 cm³/mol. The molecule has 1 radical (unpaired) electrons. The molecule has 10 heteroatoms. The molecule has 58 heavy (non-hydrogen) atoms. The zero-order valence-corrected chi connectivity index (χ0v) is 37.4. The normalized spacial score (nSPS) is 13.6. The van der Waals surface area contributed by atoms with Gasteiger partial charge in [0.15, 0.2) is 11.6 Å². The number of nitrogens with zero attached hydrogens (tertiary/aromatic N) is 8. The number of fused-ring (bicyclic) bond motifs is 2. The summed E-state index contributed by atoms with van der Waals surface area (Å²) in [7, 11) is 0. The van der Waals surface area contributed by atoms with Crippen molar-refractivity contribution in [2.45, 2.75) is 92.3 Å². The Hall–Kier alpha value is -5.15. The number of rotatable bonds is 10. The second kappa shape index (κ2) is 18.6. The van der Waals surface area contributed by atoms with Crippen LogP contribution in [0.15, 0.2) is 116 Å². The summed E-state index contributed by atoms with van der Waals surface area (Å²) in [5, 5.41) is 0. The molecule has 2 aliphatic rings. The van der Waals surface area contributed by atoms with Crippen LogP contribution in [0.5, 0.6) is 0 Å². The Kier molecular flexibility index (Phi) is 13.6. The van der Waals surface area contributed by atoms with Crippen LogP contribution >= 0.6 is 0 Å². The minimum absolute atomic E-state index is 0. The van der Waals surface area contributed by atoms with Gasteiger partial charge in [0.1, 0.15) is 11.6 Å². The van der Waals surface area contributed by atoms with Crippen LogP contribution in [0.2, 0.25) is 0 Å². The molecule has 0 N–H and O–H groups in total. The summed E-state index contributed by atoms with van der Waals surface area (Å²) in [6.07, 6.45) is 6.60. The van der Waals surface area contributed by atoms with Gasteiger partial charge in [-0.25, -0.2) is 19.9 Å². The number of ether oxygens (including phenoxy) is 1. The van der Waals surface area contributed by atoms with Gasteiger partial charge < -0.3 is 14.5 Å². The maximum Gasteiger partial charge on any atom is 0.221 e. The van der Waals surface area contributed by atoms with E-state index in [1.807, 2.05) is 18.5 Å². The molecule has 4 aromatic carbocycles. The van der Waals surface area contributed by atoms with Crippen molar-refractivity contribution < 1.29 is 24.8 Å². The first-order valence-corrected chi connectivity index (χ1v) is 20.1. The van der Waals surface area contributed by atoms with E-state index in [0.717, 1.165) is 46.0 Å². The van der Waals surface area contributed by atoms with Crippen molar-refractivity contribution in [2.24, 2.45) is 0 Å². The molecule has 4 heterocycles. The van der Waals surface area contributed by atoms with Crippen molar-refractivity contribution >= 4 is 46.0 Å². The molecule has 9 nitrogen and oxygen atoms in total. The van der Waals surface area contributed by atoms with Crippen LogP contribution in [0.25, 0.3) is 0 Å². The molecule has 0 aliphatic carbocycles. The summed E-state index contributed by atoms with van der Waals surface area (Å²) in [5.41, 5.74) is 9.34. The van der Waals surface area contributed by atoms with Gasteiger partial charge in [-0.3, -0.25) is 9.80 Å². The molecule has 303 valence electrons. The molecule has 6 aromatic rings. The molecule has 0 spiro atoms. The van der Waals surface area contributed by atoms with E-state index in [1.165, 1.54) is 22.3 Å². The third-order valence-electron chi connectivity index (χ3n) is 10.5. The van der Waals surface area contributed by atoms with E-state index in [1.54, 1.807) is 24.8 Å². The largest absolute Gasteiger partial charge is 0.477 e. The molecule has 0 atom stereocenters. The monoisotopic (exact) mass is 951 g/mol. The molecule has 0 fully saturated rings. The van der Waals surface area contributed by atoms with E-state index >= 15 is 0 Å². The number of anilines is 8. The second-order valence-electron chi connectivity index (χ2n) is 15.7. The van der Waals surface area contributed by atoms with Gasteiger partial charge in [0.25, 0.3) is 0 Å². The first-order valence-electron chi connectivity index (χ1n) is 20.1. The molecule has 2 aliphatic heterocycles. The van der Waals surface area contributed by atoms with Crippen LogP contribution in [0.3, 0.4) is 0 Å². The van der Waals surface area contributed by atoms with Crippen molar-refractivity contribution in [1.82, 2.24) is 19.9 Å². The maximum atomic E-state index is 6.25. The molecular formula is C48H54IrN8O-2. The second-order valence-corrected chi connectivity index (χ2v) is 15.7. The van der Waals surface area contributed by atoms with E-state index in [2.05, 4.69) is 187 Å². The van der Waals surface area contributed by atoms with Crippen molar-refractivity contribution in [1.29, 1.82) is 0 Å². The van der Waals surface area contributed by atoms with Crippen molar-refractivity contribution in [2.75, 3.05) is 26.2 Å².